The molecule has 0 aromatic heterocycles. The van der Waals surface area contributed by atoms with Gasteiger partial charge in [-0.2, -0.15) is 0 Å². The lowest BCUT2D eigenvalue weighted by Gasteiger charge is -2.12. The van der Waals surface area contributed by atoms with E-state index in [1.165, 1.54) is 6.07 Å². The summed E-state index contributed by atoms with van der Waals surface area (Å²) in [6.07, 6.45) is 1.56. The number of hydrogen-bond acceptors (Lipinski definition) is 2. The third-order valence-electron chi connectivity index (χ3n) is 2.08. The summed E-state index contributed by atoms with van der Waals surface area (Å²) in [5, 5.41) is 0. The summed E-state index contributed by atoms with van der Waals surface area (Å²) >= 11 is 2.15. The summed E-state index contributed by atoms with van der Waals surface area (Å²) in [5.74, 6) is -0.227. The van der Waals surface area contributed by atoms with Gasteiger partial charge in [0.05, 0.1) is 0 Å². The van der Waals surface area contributed by atoms with E-state index in [9.17, 15) is 4.39 Å². The van der Waals surface area contributed by atoms with Crippen LogP contribution >= 0.6 is 35.0 Å². The topological polar surface area (TPSA) is 52.0 Å². The van der Waals surface area contributed by atoms with Crippen LogP contribution in [-0.2, 0) is 0 Å². The Hall–Kier alpha value is 0.0900. The number of hydrogen-bond donors (Lipinski definition) is 2. The molecule has 86 valence electrons. The Bertz CT molecular complexity index is 309. The van der Waals surface area contributed by atoms with Crippen LogP contribution in [0.15, 0.2) is 18.2 Å². The average molecular weight is 345 g/mol. The predicted molar refractivity (Wildman–Crippen MR) is 71.6 cm³/mol. The van der Waals surface area contributed by atoms with Crippen molar-refractivity contribution in [3.63, 3.8) is 0 Å². The molecular weight excluding hydrogens is 329 g/mol. The normalized spacial score (nSPS) is 12.0. The van der Waals surface area contributed by atoms with Crippen LogP contribution in [0, 0.1) is 9.39 Å². The van der Waals surface area contributed by atoms with Gasteiger partial charge in [0.2, 0.25) is 0 Å². The Balaban J connectivity index is 0.00000196. The van der Waals surface area contributed by atoms with E-state index in [4.69, 9.17) is 11.5 Å². The molecule has 0 spiro atoms. The molecule has 0 saturated carbocycles. The highest BCUT2D eigenvalue weighted by Gasteiger charge is 2.10. The van der Waals surface area contributed by atoms with Crippen LogP contribution in [0.4, 0.5) is 4.39 Å². The van der Waals surface area contributed by atoms with Gasteiger partial charge < -0.3 is 11.5 Å². The predicted octanol–water partition coefficient (Wildman–Crippen LogP) is 2.59. The maximum atomic E-state index is 13.3. The van der Waals surface area contributed by atoms with Crippen molar-refractivity contribution in [3.05, 3.63) is 33.1 Å². The fourth-order valence-electron chi connectivity index (χ4n) is 1.29. The SMILES string of the molecule is Cl.NCCC[C@H](N)c1cc(I)ccc1F. The van der Waals surface area contributed by atoms with Crippen LogP contribution in [0.2, 0.25) is 0 Å². The Labute approximate surface area is 109 Å². The molecule has 2 nitrogen and oxygen atoms in total. The summed E-state index contributed by atoms with van der Waals surface area (Å²) in [7, 11) is 0. The molecule has 5 heteroatoms. The summed E-state index contributed by atoms with van der Waals surface area (Å²) in [6.45, 7) is 0.596. The van der Waals surface area contributed by atoms with E-state index in [2.05, 4.69) is 22.6 Å². The van der Waals surface area contributed by atoms with Gasteiger partial charge in [0, 0.05) is 15.2 Å². The van der Waals surface area contributed by atoms with Crippen LogP contribution in [0.5, 0.6) is 0 Å². The first-order valence-electron chi connectivity index (χ1n) is 4.55. The second kappa shape index (κ2) is 7.38. The van der Waals surface area contributed by atoms with Gasteiger partial charge in [-0.1, -0.05) is 0 Å². The highest BCUT2D eigenvalue weighted by molar-refractivity contribution is 14.1. The minimum atomic E-state index is -0.242. The second-order valence-corrected chi connectivity index (χ2v) is 4.45. The Kier molecular flexibility index (Phi) is 7.42. The maximum absolute atomic E-state index is 13.3. The van der Waals surface area contributed by atoms with Gasteiger partial charge in [-0.15, -0.1) is 12.4 Å². The number of rotatable bonds is 4. The molecule has 1 aromatic carbocycles. The lowest BCUT2D eigenvalue weighted by Crippen LogP contribution is -2.14. The van der Waals surface area contributed by atoms with Crippen molar-refractivity contribution in [2.45, 2.75) is 18.9 Å². The number of benzene rings is 1. The molecule has 0 radical (unpaired) electrons. The highest BCUT2D eigenvalue weighted by Crippen LogP contribution is 2.21. The number of nitrogens with two attached hydrogens (primary N) is 2. The number of halogens is 3. The van der Waals surface area contributed by atoms with Crippen molar-refractivity contribution in [2.24, 2.45) is 11.5 Å². The van der Waals surface area contributed by atoms with Crippen molar-refractivity contribution in [2.75, 3.05) is 6.54 Å². The van der Waals surface area contributed by atoms with E-state index in [0.717, 1.165) is 16.4 Å². The third-order valence-corrected chi connectivity index (χ3v) is 2.75. The first-order valence-corrected chi connectivity index (χ1v) is 5.63. The molecule has 0 amide bonds. The lowest BCUT2D eigenvalue weighted by atomic mass is 10.0. The van der Waals surface area contributed by atoms with Crippen LogP contribution in [0.1, 0.15) is 24.4 Å². The molecule has 4 N–H and O–H groups in total. The first kappa shape index (κ1) is 15.1. The molecule has 0 aliphatic carbocycles. The molecular formula is C10H15ClFIN2. The zero-order valence-electron chi connectivity index (χ0n) is 8.25. The summed E-state index contributed by atoms with van der Waals surface area (Å²) in [4.78, 5) is 0. The summed E-state index contributed by atoms with van der Waals surface area (Å²) < 4.78 is 14.3. The zero-order chi connectivity index (χ0) is 10.6. The van der Waals surface area contributed by atoms with Gasteiger partial charge in [0.15, 0.2) is 0 Å². The van der Waals surface area contributed by atoms with E-state index in [1.54, 1.807) is 12.1 Å². The molecule has 15 heavy (non-hydrogen) atoms. The van der Waals surface area contributed by atoms with Crippen LogP contribution in [0.25, 0.3) is 0 Å². The van der Waals surface area contributed by atoms with Crippen LogP contribution in [-0.4, -0.2) is 6.54 Å². The zero-order valence-corrected chi connectivity index (χ0v) is 11.2. The highest BCUT2D eigenvalue weighted by atomic mass is 127. The van der Waals surface area contributed by atoms with Gasteiger partial charge in [-0.3, -0.25) is 0 Å². The van der Waals surface area contributed by atoms with Crippen molar-refractivity contribution in [1.82, 2.24) is 0 Å². The third kappa shape index (κ3) is 4.63. The first-order chi connectivity index (χ1) is 6.65. The Morgan fingerprint density at radius 3 is 2.67 bits per heavy atom. The monoisotopic (exact) mass is 344 g/mol. The minimum Gasteiger partial charge on any atom is -0.330 e. The standard InChI is InChI=1S/C10H14FIN2.ClH/c11-9-4-3-7(12)6-8(9)10(14)2-1-5-13;/h3-4,6,10H,1-2,5,13-14H2;1H/t10-;/m0./s1. The molecule has 1 aromatic rings. The molecule has 0 saturated heterocycles. The van der Waals surface area contributed by atoms with Gasteiger partial charge in [-0.25, -0.2) is 4.39 Å². The lowest BCUT2D eigenvalue weighted by molar-refractivity contribution is 0.553. The maximum Gasteiger partial charge on any atom is 0.128 e. The smallest absolute Gasteiger partial charge is 0.128 e. The Morgan fingerprint density at radius 1 is 1.40 bits per heavy atom. The van der Waals surface area contributed by atoms with Crippen molar-refractivity contribution >= 4 is 35.0 Å². The van der Waals surface area contributed by atoms with E-state index in [1.807, 2.05) is 0 Å². The van der Waals surface area contributed by atoms with E-state index in [-0.39, 0.29) is 24.3 Å². The molecule has 1 atom stereocenters. The summed E-state index contributed by atoms with van der Waals surface area (Å²) in [5.41, 5.74) is 11.8. The van der Waals surface area contributed by atoms with E-state index in [0.29, 0.717) is 12.1 Å². The van der Waals surface area contributed by atoms with Crippen LogP contribution in [0.3, 0.4) is 0 Å². The molecule has 1 rings (SSSR count). The van der Waals surface area contributed by atoms with Crippen molar-refractivity contribution in [3.8, 4) is 0 Å². The van der Waals surface area contributed by atoms with E-state index < -0.39 is 0 Å². The fourth-order valence-corrected chi connectivity index (χ4v) is 1.81. The van der Waals surface area contributed by atoms with Crippen molar-refractivity contribution < 1.29 is 4.39 Å². The van der Waals surface area contributed by atoms with Gasteiger partial charge in [0.1, 0.15) is 5.82 Å². The Morgan fingerprint density at radius 2 is 2.07 bits per heavy atom. The summed E-state index contributed by atoms with van der Waals surface area (Å²) in [6, 6.07) is 4.74. The molecule has 0 fully saturated rings. The molecule has 0 aliphatic heterocycles. The largest absolute Gasteiger partial charge is 0.330 e. The van der Waals surface area contributed by atoms with Crippen molar-refractivity contribution in [1.29, 1.82) is 0 Å². The molecule has 0 bridgehead atoms. The minimum absolute atomic E-state index is 0. The quantitative estimate of drug-likeness (QED) is 0.825. The molecule has 0 unspecified atom stereocenters. The van der Waals surface area contributed by atoms with Crippen LogP contribution < -0.4 is 11.5 Å². The van der Waals surface area contributed by atoms with Gasteiger partial charge in [-0.05, 0) is 60.2 Å². The van der Waals surface area contributed by atoms with Gasteiger partial charge >= 0.3 is 0 Å². The molecule has 0 heterocycles. The van der Waals surface area contributed by atoms with Gasteiger partial charge in [0.25, 0.3) is 0 Å². The van der Waals surface area contributed by atoms with E-state index >= 15 is 0 Å². The average Bonchev–Trinajstić information content (AvgIpc) is 2.18. The molecule has 0 aliphatic rings. The second-order valence-electron chi connectivity index (χ2n) is 3.20. The fraction of sp³-hybridized carbons (Fsp3) is 0.400.